The molecule has 0 radical (unpaired) electrons. The summed E-state index contributed by atoms with van der Waals surface area (Å²) in [7, 11) is 0. The summed E-state index contributed by atoms with van der Waals surface area (Å²) in [4.78, 5) is 4.18. The fourth-order valence-electron chi connectivity index (χ4n) is 1.75. The average molecular weight is 229 g/mol. The Kier molecular flexibility index (Phi) is 2.15. The lowest BCUT2D eigenvalue weighted by Gasteiger charge is -2.02. The van der Waals surface area contributed by atoms with Gasteiger partial charge < -0.3 is 0 Å². The van der Waals surface area contributed by atoms with Crippen LogP contribution in [0.4, 0.5) is 0 Å². The fourth-order valence-corrected chi connectivity index (χ4v) is 1.94. The number of imidazole rings is 1. The number of aromatic nitrogens is 2. The Morgan fingerprint density at radius 2 is 1.75 bits per heavy atom. The molecule has 0 spiro atoms. The van der Waals surface area contributed by atoms with Crippen LogP contribution in [0.5, 0.6) is 0 Å². The van der Waals surface area contributed by atoms with Gasteiger partial charge >= 0.3 is 0 Å². The summed E-state index contributed by atoms with van der Waals surface area (Å²) in [5.41, 5.74) is 3.17. The quantitative estimate of drug-likeness (QED) is 0.621. The Labute approximate surface area is 98.1 Å². The Morgan fingerprint density at radius 1 is 0.938 bits per heavy atom. The van der Waals surface area contributed by atoms with Gasteiger partial charge in [-0.25, -0.2) is 4.98 Å². The van der Waals surface area contributed by atoms with Gasteiger partial charge in [0.15, 0.2) is 0 Å². The van der Waals surface area contributed by atoms with Crippen LogP contribution in [-0.4, -0.2) is 9.38 Å². The first kappa shape index (κ1) is 9.43. The van der Waals surface area contributed by atoms with Gasteiger partial charge in [-0.3, -0.25) is 4.40 Å². The summed E-state index contributed by atoms with van der Waals surface area (Å²) in [6.45, 7) is 0. The summed E-state index contributed by atoms with van der Waals surface area (Å²) >= 11 is 6.03. The molecule has 0 atom stereocenters. The van der Waals surface area contributed by atoms with Gasteiger partial charge in [0.25, 0.3) is 0 Å². The van der Waals surface area contributed by atoms with Gasteiger partial charge in [-0.2, -0.15) is 0 Å². The Bertz CT molecular complexity index is 629. The maximum Gasteiger partial charge on any atom is 0.137 e. The minimum Gasteiger partial charge on any atom is -0.290 e. The van der Waals surface area contributed by atoms with E-state index in [0.29, 0.717) is 5.15 Å². The van der Waals surface area contributed by atoms with E-state index in [1.807, 2.05) is 40.9 Å². The number of hydrogen-bond donors (Lipinski definition) is 0. The molecule has 0 N–H and O–H groups in total. The largest absolute Gasteiger partial charge is 0.290 e. The molecule has 0 saturated carbocycles. The van der Waals surface area contributed by atoms with Crippen LogP contribution in [0.2, 0.25) is 5.15 Å². The van der Waals surface area contributed by atoms with E-state index in [4.69, 9.17) is 11.6 Å². The third-order valence-corrected chi connectivity index (χ3v) is 2.85. The molecule has 2 aromatic heterocycles. The summed E-state index contributed by atoms with van der Waals surface area (Å²) in [5, 5.41) is 0.632. The van der Waals surface area contributed by atoms with Crippen molar-refractivity contribution in [3.05, 3.63) is 60.0 Å². The van der Waals surface area contributed by atoms with Crippen LogP contribution in [0.15, 0.2) is 54.9 Å². The van der Waals surface area contributed by atoms with Crippen LogP contribution in [0.25, 0.3) is 16.8 Å². The van der Waals surface area contributed by atoms with Gasteiger partial charge in [-0.05, 0) is 23.3 Å². The second kappa shape index (κ2) is 3.65. The van der Waals surface area contributed by atoms with Crippen LogP contribution in [-0.2, 0) is 0 Å². The van der Waals surface area contributed by atoms with Crippen LogP contribution < -0.4 is 0 Å². The van der Waals surface area contributed by atoms with Crippen molar-refractivity contribution in [1.29, 1.82) is 0 Å². The minimum absolute atomic E-state index is 0.632. The van der Waals surface area contributed by atoms with Crippen LogP contribution in [0.1, 0.15) is 0 Å². The molecule has 1 aromatic carbocycles. The first-order valence-corrected chi connectivity index (χ1v) is 5.40. The van der Waals surface area contributed by atoms with Gasteiger partial charge in [-0.1, -0.05) is 41.9 Å². The first-order chi connectivity index (χ1) is 7.84. The van der Waals surface area contributed by atoms with E-state index in [9.17, 15) is 0 Å². The molecule has 0 aliphatic heterocycles. The number of hydrogen-bond acceptors (Lipinski definition) is 1. The molecular weight excluding hydrogens is 220 g/mol. The van der Waals surface area contributed by atoms with Gasteiger partial charge in [0, 0.05) is 6.20 Å². The number of benzene rings is 1. The zero-order chi connectivity index (χ0) is 11.0. The van der Waals surface area contributed by atoms with Crippen LogP contribution >= 0.6 is 11.6 Å². The molecule has 16 heavy (non-hydrogen) atoms. The summed E-state index contributed by atoms with van der Waals surface area (Å²) in [6.07, 6.45) is 3.66. The molecule has 3 heteroatoms. The van der Waals surface area contributed by atoms with Crippen LogP contribution in [0.3, 0.4) is 0 Å². The molecule has 0 fully saturated rings. The average Bonchev–Trinajstić information content (AvgIpc) is 2.72. The minimum atomic E-state index is 0.632. The number of halogens is 1. The summed E-state index contributed by atoms with van der Waals surface area (Å²) < 4.78 is 1.88. The molecule has 3 aromatic rings. The standard InChI is InChI=1S/C13H9ClN2/c14-12-8-15-13-7-6-11(9-16(12)13)10-4-2-1-3-5-10/h1-9H. The normalized spacial score (nSPS) is 10.8. The van der Waals surface area contributed by atoms with Crippen molar-refractivity contribution in [1.82, 2.24) is 9.38 Å². The van der Waals surface area contributed by atoms with E-state index >= 15 is 0 Å². The zero-order valence-electron chi connectivity index (χ0n) is 8.47. The van der Waals surface area contributed by atoms with E-state index in [0.717, 1.165) is 11.2 Å². The van der Waals surface area contributed by atoms with Crippen LogP contribution in [0, 0.1) is 0 Å². The van der Waals surface area contributed by atoms with Crippen molar-refractivity contribution < 1.29 is 0 Å². The monoisotopic (exact) mass is 228 g/mol. The lowest BCUT2D eigenvalue weighted by molar-refractivity contribution is 1.19. The van der Waals surface area contributed by atoms with Crippen molar-refractivity contribution in [3.63, 3.8) is 0 Å². The highest BCUT2D eigenvalue weighted by molar-refractivity contribution is 6.29. The first-order valence-electron chi connectivity index (χ1n) is 5.02. The van der Waals surface area contributed by atoms with Gasteiger partial charge in [0.2, 0.25) is 0 Å². The maximum atomic E-state index is 6.03. The van der Waals surface area contributed by atoms with E-state index < -0.39 is 0 Å². The summed E-state index contributed by atoms with van der Waals surface area (Å²) in [5.74, 6) is 0. The predicted octanol–water partition coefficient (Wildman–Crippen LogP) is 3.65. The maximum absolute atomic E-state index is 6.03. The van der Waals surface area contributed by atoms with Crippen molar-refractivity contribution in [2.45, 2.75) is 0 Å². The number of nitrogens with zero attached hydrogens (tertiary/aromatic N) is 2. The smallest absolute Gasteiger partial charge is 0.137 e. The fraction of sp³-hybridized carbons (Fsp3) is 0. The van der Waals surface area contributed by atoms with E-state index in [1.165, 1.54) is 5.56 Å². The molecule has 2 heterocycles. The molecule has 0 aliphatic rings. The Balaban J connectivity index is 2.22. The van der Waals surface area contributed by atoms with Crippen molar-refractivity contribution in [2.75, 3.05) is 0 Å². The zero-order valence-corrected chi connectivity index (χ0v) is 9.22. The molecule has 0 saturated heterocycles. The van der Waals surface area contributed by atoms with Crippen molar-refractivity contribution in [2.24, 2.45) is 0 Å². The Hall–Kier alpha value is -1.80. The molecule has 0 amide bonds. The molecular formula is C13H9ClN2. The molecule has 2 nitrogen and oxygen atoms in total. The molecule has 0 bridgehead atoms. The third-order valence-electron chi connectivity index (χ3n) is 2.57. The van der Waals surface area contributed by atoms with Gasteiger partial charge in [0.1, 0.15) is 10.8 Å². The SMILES string of the molecule is Clc1cnc2ccc(-c3ccccc3)cn12. The second-order valence-corrected chi connectivity index (χ2v) is 3.98. The molecule has 78 valence electrons. The molecule has 3 rings (SSSR count). The third kappa shape index (κ3) is 1.48. The predicted molar refractivity (Wildman–Crippen MR) is 65.6 cm³/mol. The number of fused-ring (bicyclic) bond motifs is 1. The number of rotatable bonds is 1. The molecule has 0 unspecified atom stereocenters. The Morgan fingerprint density at radius 3 is 2.56 bits per heavy atom. The van der Waals surface area contributed by atoms with Gasteiger partial charge in [0.05, 0.1) is 6.20 Å². The van der Waals surface area contributed by atoms with E-state index in [-0.39, 0.29) is 0 Å². The molecule has 0 aliphatic carbocycles. The topological polar surface area (TPSA) is 17.3 Å². The lowest BCUT2D eigenvalue weighted by Crippen LogP contribution is -1.86. The van der Waals surface area contributed by atoms with Crippen molar-refractivity contribution in [3.8, 4) is 11.1 Å². The second-order valence-electron chi connectivity index (χ2n) is 3.59. The highest BCUT2D eigenvalue weighted by Crippen LogP contribution is 2.21. The van der Waals surface area contributed by atoms with Crippen molar-refractivity contribution >= 4 is 17.2 Å². The van der Waals surface area contributed by atoms with Gasteiger partial charge in [-0.15, -0.1) is 0 Å². The lowest BCUT2D eigenvalue weighted by atomic mass is 10.1. The summed E-state index contributed by atoms with van der Waals surface area (Å²) in [6, 6.07) is 14.2. The highest BCUT2D eigenvalue weighted by atomic mass is 35.5. The highest BCUT2D eigenvalue weighted by Gasteiger charge is 2.02. The number of pyridine rings is 1. The van der Waals surface area contributed by atoms with E-state index in [1.54, 1.807) is 6.20 Å². The van der Waals surface area contributed by atoms with E-state index in [2.05, 4.69) is 17.1 Å².